The second-order valence-corrected chi connectivity index (χ2v) is 4.43. The third kappa shape index (κ3) is 3.82. The zero-order chi connectivity index (χ0) is 14.4. The Hall–Kier alpha value is -1.82. The molecule has 0 heterocycles. The Labute approximate surface area is 112 Å². The van der Waals surface area contributed by atoms with Crippen LogP contribution < -0.4 is 10.6 Å². The van der Waals surface area contributed by atoms with Gasteiger partial charge in [0.25, 0.3) is 0 Å². The van der Waals surface area contributed by atoms with E-state index in [-0.39, 0.29) is 11.9 Å². The second kappa shape index (κ2) is 6.94. The summed E-state index contributed by atoms with van der Waals surface area (Å²) >= 11 is 0. The highest BCUT2D eigenvalue weighted by molar-refractivity contribution is 6.02. The maximum absolute atomic E-state index is 13.3. The van der Waals surface area contributed by atoms with E-state index in [4.69, 9.17) is 15.7 Å². The molecule has 0 spiro atoms. The Balaban J connectivity index is 3.21. The third-order valence-corrected chi connectivity index (χ3v) is 2.81. The number of halogens is 1. The van der Waals surface area contributed by atoms with Crippen molar-refractivity contribution < 1.29 is 14.3 Å². The van der Waals surface area contributed by atoms with Crippen molar-refractivity contribution in [1.29, 1.82) is 0 Å². The molecule has 0 saturated heterocycles. The van der Waals surface area contributed by atoms with Crippen molar-refractivity contribution in [2.24, 2.45) is 10.9 Å². The molecule has 0 bridgehead atoms. The highest BCUT2D eigenvalue weighted by atomic mass is 19.1. The summed E-state index contributed by atoms with van der Waals surface area (Å²) < 4.78 is 18.4. The summed E-state index contributed by atoms with van der Waals surface area (Å²) in [5.41, 5.74) is 6.69. The van der Waals surface area contributed by atoms with Gasteiger partial charge in [-0.3, -0.25) is 0 Å². The summed E-state index contributed by atoms with van der Waals surface area (Å²) in [6.07, 6.45) is 0. The van der Waals surface area contributed by atoms with E-state index in [2.05, 4.69) is 5.16 Å². The van der Waals surface area contributed by atoms with Gasteiger partial charge in [-0.1, -0.05) is 5.16 Å². The van der Waals surface area contributed by atoms with Crippen molar-refractivity contribution >= 4 is 11.5 Å². The van der Waals surface area contributed by atoms with Crippen LogP contribution in [0, 0.1) is 5.82 Å². The number of hydrogen-bond donors (Lipinski definition) is 2. The zero-order valence-corrected chi connectivity index (χ0v) is 11.4. The lowest BCUT2D eigenvalue weighted by molar-refractivity contribution is 0.204. The first-order chi connectivity index (χ1) is 9.01. The minimum atomic E-state index is -0.430. The topological polar surface area (TPSA) is 71.1 Å². The first-order valence-electron chi connectivity index (χ1n) is 6.04. The van der Waals surface area contributed by atoms with E-state index >= 15 is 0 Å². The molecule has 106 valence electrons. The van der Waals surface area contributed by atoms with Crippen LogP contribution in [-0.4, -0.2) is 37.3 Å². The molecule has 0 saturated carbocycles. The van der Waals surface area contributed by atoms with Gasteiger partial charge in [0, 0.05) is 30.9 Å². The van der Waals surface area contributed by atoms with Crippen LogP contribution in [0.15, 0.2) is 23.4 Å². The largest absolute Gasteiger partial charge is 0.409 e. The Bertz CT molecular complexity index is 450. The highest BCUT2D eigenvalue weighted by Gasteiger charge is 2.17. The fraction of sp³-hybridized carbons (Fsp3) is 0.462. The van der Waals surface area contributed by atoms with Crippen LogP contribution >= 0.6 is 0 Å². The molecule has 0 aromatic heterocycles. The lowest BCUT2D eigenvalue weighted by Gasteiger charge is -2.30. The van der Waals surface area contributed by atoms with E-state index in [1.807, 2.05) is 18.7 Å². The molecule has 0 aliphatic carbocycles. The maximum atomic E-state index is 13.3. The summed E-state index contributed by atoms with van der Waals surface area (Å²) in [7, 11) is 1.62. The van der Waals surface area contributed by atoms with Gasteiger partial charge >= 0.3 is 0 Å². The number of hydrogen-bond acceptors (Lipinski definition) is 4. The van der Waals surface area contributed by atoms with Gasteiger partial charge in [0.2, 0.25) is 0 Å². The predicted octanol–water partition coefficient (Wildman–Crippen LogP) is 1.78. The molecule has 19 heavy (non-hydrogen) atoms. The Morgan fingerprint density at radius 1 is 1.53 bits per heavy atom. The summed E-state index contributed by atoms with van der Waals surface area (Å²) in [6.45, 7) is 5.18. The van der Waals surface area contributed by atoms with Crippen molar-refractivity contribution in [3.05, 3.63) is 29.6 Å². The summed E-state index contributed by atoms with van der Waals surface area (Å²) in [5, 5.41) is 11.7. The molecule has 0 aliphatic rings. The van der Waals surface area contributed by atoms with Gasteiger partial charge in [0.15, 0.2) is 5.84 Å². The van der Waals surface area contributed by atoms with E-state index in [0.29, 0.717) is 24.4 Å². The van der Waals surface area contributed by atoms with E-state index in [0.717, 1.165) is 0 Å². The molecule has 6 heteroatoms. The number of methoxy groups -OCH3 is 1. The van der Waals surface area contributed by atoms with Gasteiger partial charge in [-0.2, -0.15) is 0 Å². The average molecular weight is 269 g/mol. The number of benzene rings is 1. The maximum Gasteiger partial charge on any atom is 0.172 e. The van der Waals surface area contributed by atoms with Crippen molar-refractivity contribution in [3.63, 3.8) is 0 Å². The molecule has 0 aliphatic heterocycles. The minimum absolute atomic E-state index is 0.113. The first kappa shape index (κ1) is 15.2. The molecule has 0 unspecified atom stereocenters. The molecular weight excluding hydrogens is 249 g/mol. The standard InChI is InChI=1S/C13H20FN3O2/c1-9(2)17(6-7-19-3)12-5-4-10(14)8-11(12)13(15)16-18/h4-5,8-9,18H,6-7H2,1-3H3,(H2,15,16). The van der Waals surface area contributed by atoms with Crippen LogP contribution in [0.4, 0.5) is 10.1 Å². The summed E-state index contributed by atoms with van der Waals surface area (Å²) in [5.74, 6) is -0.543. The molecule has 0 amide bonds. The first-order valence-corrected chi connectivity index (χ1v) is 6.04. The van der Waals surface area contributed by atoms with E-state index in [1.165, 1.54) is 12.1 Å². The third-order valence-electron chi connectivity index (χ3n) is 2.81. The smallest absolute Gasteiger partial charge is 0.172 e. The average Bonchev–Trinajstić information content (AvgIpc) is 2.39. The number of nitrogens with two attached hydrogens (primary N) is 1. The molecule has 3 N–H and O–H groups in total. The van der Waals surface area contributed by atoms with Gasteiger partial charge in [-0.15, -0.1) is 0 Å². The van der Waals surface area contributed by atoms with E-state index < -0.39 is 5.82 Å². The van der Waals surface area contributed by atoms with Gasteiger partial charge in [-0.25, -0.2) is 4.39 Å². The van der Waals surface area contributed by atoms with Crippen LogP contribution in [-0.2, 0) is 4.74 Å². The number of anilines is 1. The fourth-order valence-corrected chi connectivity index (χ4v) is 1.86. The molecule has 5 nitrogen and oxygen atoms in total. The highest BCUT2D eigenvalue weighted by Crippen LogP contribution is 2.23. The Morgan fingerprint density at radius 2 is 2.21 bits per heavy atom. The normalized spacial score (nSPS) is 11.9. The van der Waals surface area contributed by atoms with Crippen LogP contribution in [0.5, 0.6) is 0 Å². The molecule has 0 atom stereocenters. The molecular formula is C13H20FN3O2. The van der Waals surface area contributed by atoms with Gasteiger partial charge in [0.05, 0.1) is 6.61 Å². The molecule has 1 aromatic carbocycles. The lowest BCUT2D eigenvalue weighted by atomic mass is 10.1. The summed E-state index contributed by atoms with van der Waals surface area (Å²) in [6, 6.07) is 4.40. The number of ether oxygens (including phenoxy) is 1. The van der Waals surface area contributed by atoms with E-state index in [9.17, 15) is 4.39 Å². The molecule has 0 radical (unpaired) electrons. The van der Waals surface area contributed by atoms with Crippen LogP contribution in [0.2, 0.25) is 0 Å². The Kier molecular flexibility index (Phi) is 5.57. The quantitative estimate of drug-likeness (QED) is 0.357. The van der Waals surface area contributed by atoms with Crippen molar-refractivity contribution in [2.75, 3.05) is 25.2 Å². The number of nitrogens with zero attached hydrogens (tertiary/aromatic N) is 2. The zero-order valence-electron chi connectivity index (χ0n) is 11.4. The predicted molar refractivity (Wildman–Crippen MR) is 73.3 cm³/mol. The van der Waals surface area contributed by atoms with Crippen LogP contribution in [0.25, 0.3) is 0 Å². The van der Waals surface area contributed by atoms with Crippen molar-refractivity contribution in [1.82, 2.24) is 0 Å². The molecule has 0 fully saturated rings. The Morgan fingerprint density at radius 3 is 2.74 bits per heavy atom. The van der Waals surface area contributed by atoms with Gasteiger partial charge < -0.3 is 20.6 Å². The second-order valence-electron chi connectivity index (χ2n) is 4.43. The number of rotatable bonds is 6. The monoisotopic (exact) mass is 269 g/mol. The van der Waals surface area contributed by atoms with Crippen molar-refractivity contribution in [3.8, 4) is 0 Å². The molecule has 1 rings (SSSR count). The molecule has 1 aromatic rings. The minimum Gasteiger partial charge on any atom is -0.409 e. The lowest BCUT2D eigenvalue weighted by Crippen LogP contribution is -2.35. The van der Waals surface area contributed by atoms with Gasteiger partial charge in [-0.05, 0) is 32.0 Å². The fourth-order valence-electron chi connectivity index (χ4n) is 1.86. The number of oxime groups is 1. The summed E-state index contributed by atoms with van der Waals surface area (Å²) in [4.78, 5) is 2.01. The van der Waals surface area contributed by atoms with Gasteiger partial charge in [0.1, 0.15) is 5.82 Å². The SMILES string of the molecule is COCCN(c1ccc(F)cc1/C(N)=N/O)C(C)C. The van der Waals surface area contributed by atoms with Crippen LogP contribution in [0.3, 0.4) is 0 Å². The van der Waals surface area contributed by atoms with E-state index in [1.54, 1.807) is 13.2 Å². The van der Waals surface area contributed by atoms with Crippen molar-refractivity contribution in [2.45, 2.75) is 19.9 Å². The number of amidine groups is 1. The van der Waals surface area contributed by atoms with Crippen LogP contribution in [0.1, 0.15) is 19.4 Å².